The number of halogens is 3. The second-order valence-electron chi connectivity index (χ2n) is 6.63. The summed E-state index contributed by atoms with van der Waals surface area (Å²) in [4.78, 5) is 29.9. The SMILES string of the molecule is COc1cccc2cc(C(=O)N3CC(Oc4ncccc4C(F)(F)F)C3)c(=O)oc12. The van der Waals surface area contributed by atoms with Crippen LogP contribution in [0.2, 0.25) is 0 Å². The number of hydrogen-bond donors (Lipinski definition) is 0. The Balaban J connectivity index is 1.49. The van der Waals surface area contributed by atoms with Gasteiger partial charge in [0.2, 0.25) is 5.88 Å². The lowest BCUT2D eigenvalue weighted by Gasteiger charge is -2.38. The summed E-state index contributed by atoms with van der Waals surface area (Å²) in [6, 6.07) is 8.42. The highest BCUT2D eigenvalue weighted by molar-refractivity contribution is 5.97. The molecule has 1 aliphatic heterocycles. The minimum atomic E-state index is -4.60. The maximum Gasteiger partial charge on any atom is 0.421 e. The fourth-order valence-electron chi connectivity index (χ4n) is 3.13. The van der Waals surface area contributed by atoms with E-state index in [1.807, 2.05) is 0 Å². The average molecular weight is 420 g/mol. The van der Waals surface area contributed by atoms with Crippen LogP contribution in [0.4, 0.5) is 13.2 Å². The average Bonchev–Trinajstić information content (AvgIpc) is 2.68. The number of amides is 1. The molecule has 1 amide bonds. The number of fused-ring (bicyclic) bond motifs is 1. The summed E-state index contributed by atoms with van der Waals surface area (Å²) in [5.74, 6) is -0.776. The van der Waals surface area contributed by atoms with E-state index in [0.29, 0.717) is 11.1 Å². The van der Waals surface area contributed by atoms with E-state index < -0.39 is 35.3 Å². The summed E-state index contributed by atoms with van der Waals surface area (Å²) < 4.78 is 54.8. The van der Waals surface area contributed by atoms with Gasteiger partial charge in [0, 0.05) is 11.6 Å². The first-order valence-electron chi connectivity index (χ1n) is 8.87. The van der Waals surface area contributed by atoms with Gasteiger partial charge in [-0.25, -0.2) is 9.78 Å². The van der Waals surface area contributed by atoms with Crippen molar-refractivity contribution in [3.05, 3.63) is 64.1 Å². The van der Waals surface area contributed by atoms with Gasteiger partial charge in [-0.2, -0.15) is 13.2 Å². The molecule has 30 heavy (non-hydrogen) atoms. The first-order valence-corrected chi connectivity index (χ1v) is 8.87. The fourth-order valence-corrected chi connectivity index (χ4v) is 3.13. The third kappa shape index (κ3) is 3.56. The van der Waals surface area contributed by atoms with Crippen molar-refractivity contribution < 1.29 is 31.9 Å². The lowest BCUT2D eigenvalue weighted by Crippen LogP contribution is -2.56. The molecule has 1 aliphatic rings. The van der Waals surface area contributed by atoms with Gasteiger partial charge in [-0.1, -0.05) is 12.1 Å². The predicted octanol–water partition coefficient (Wildman–Crippen LogP) is 3.12. The van der Waals surface area contributed by atoms with E-state index in [0.717, 1.165) is 6.07 Å². The van der Waals surface area contributed by atoms with Crippen LogP contribution in [0.5, 0.6) is 11.6 Å². The third-order valence-corrected chi connectivity index (χ3v) is 4.66. The molecular weight excluding hydrogens is 405 g/mol. The number of aromatic nitrogens is 1. The van der Waals surface area contributed by atoms with Crippen molar-refractivity contribution in [2.24, 2.45) is 0 Å². The molecule has 3 heterocycles. The molecule has 156 valence electrons. The monoisotopic (exact) mass is 420 g/mol. The van der Waals surface area contributed by atoms with E-state index in [1.54, 1.807) is 18.2 Å². The Kier molecular flexibility index (Phi) is 4.84. The molecule has 4 rings (SSSR count). The number of carbonyl (C=O) groups is 1. The smallest absolute Gasteiger partial charge is 0.421 e. The van der Waals surface area contributed by atoms with Crippen LogP contribution in [0.25, 0.3) is 11.0 Å². The van der Waals surface area contributed by atoms with Crippen molar-refractivity contribution in [3.8, 4) is 11.6 Å². The number of ether oxygens (including phenoxy) is 2. The molecule has 7 nitrogen and oxygen atoms in total. The summed E-state index contributed by atoms with van der Waals surface area (Å²) in [6.07, 6.45) is -4.08. The Hall–Kier alpha value is -3.56. The van der Waals surface area contributed by atoms with Crippen molar-refractivity contribution in [2.75, 3.05) is 20.2 Å². The molecular formula is C20H15F3N2O5. The number of rotatable bonds is 4. The van der Waals surface area contributed by atoms with Gasteiger partial charge in [0.25, 0.3) is 5.91 Å². The standard InChI is InChI=1S/C20H15F3N2O5/c1-28-15-6-2-4-11-8-13(19(27)30-16(11)15)18(26)25-9-12(10-25)29-17-14(20(21,22)23)5-3-7-24-17/h2-8,12H,9-10H2,1H3. The Morgan fingerprint density at radius 1 is 1.23 bits per heavy atom. The molecule has 0 unspecified atom stereocenters. The number of alkyl halides is 3. The third-order valence-electron chi connectivity index (χ3n) is 4.66. The number of hydrogen-bond acceptors (Lipinski definition) is 6. The maximum atomic E-state index is 13.0. The zero-order chi connectivity index (χ0) is 21.5. The van der Waals surface area contributed by atoms with E-state index >= 15 is 0 Å². The Labute approximate surface area is 167 Å². The van der Waals surface area contributed by atoms with E-state index in [1.165, 1.54) is 30.3 Å². The molecule has 0 spiro atoms. The first kappa shape index (κ1) is 19.7. The molecule has 1 aromatic carbocycles. The molecule has 3 aromatic rings. The van der Waals surface area contributed by atoms with Crippen molar-refractivity contribution >= 4 is 16.9 Å². The van der Waals surface area contributed by atoms with E-state index in [4.69, 9.17) is 13.9 Å². The lowest BCUT2D eigenvalue weighted by molar-refractivity contribution is -0.140. The Bertz CT molecular complexity index is 1170. The topological polar surface area (TPSA) is 81.9 Å². The molecule has 0 radical (unpaired) electrons. The summed E-state index contributed by atoms with van der Waals surface area (Å²) in [6.45, 7) is 0.0323. The van der Waals surface area contributed by atoms with Gasteiger partial charge in [-0.05, 0) is 24.3 Å². The van der Waals surface area contributed by atoms with Crippen LogP contribution in [0.1, 0.15) is 15.9 Å². The number of carbonyl (C=O) groups excluding carboxylic acids is 1. The molecule has 0 N–H and O–H groups in total. The number of methoxy groups -OCH3 is 1. The lowest BCUT2D eigenvalue weighted by atomic mass is 10.1. The van der Waals surface area contributed by atoms with Crippen LogP contribution in [0, 0.1) is 0 Å². The van der Waals surface area contributed by atoms with Crippen LogP contribution in [0.15, 0.2) is 51.8 Å². The Morgan fingerprint density at radius 2 is 2.00 bits per heavy atom. The second kappa shape index (κ2) is 7.36. The molecule has 0 saturated carbocycles. The quantitative estimate of drug-likeness (QED) is 0.604. The van der Waals surface area contributed by atoms with Gasteiger partial charge in [0.15, 0.2) is 11.3 Å². The number of pyridine rings is 1. The van der Waals surface area contributed by atoms with Crippen LogP contribution in [0.3, 0.4) is 0 Å². The number of likely N-dealkylation sites (tertiary alicyclic amines) is 1. The van der Waals surface area contributed by atoms with Crippen LogP contribution < -0.4 is 15.1 Å². The normalized spacial score (nSPS) is 14.5. The van der Waals surface area contributed by atoms with Crippen molar-refractivity contribution in [3.63, 3.8) is 0 Å². The van der Waals surface area contributed by atoms with Gasteiger partial charge in [0.05, 0.1) is 20.2 Å². The van der Waals surface area contributed by atoms with Crippen molar-refractivity contribution in [1.82, 2.24) is 9.88 Å². The van der Waals surface area contributed by atoms with Gasteiger partial charge in [-0.15, -0.1) is 0 Å². The molecule has 2 aromatic heterocycles. The molecule has 10 heteroatoms. The van der Waals surface area contributed by atoms with Gasteiger partial charge >= 0.3 is 11.8 Å². The fraction of sp³-hybridized carbons (Fsp3) is 0.250. The molecule has 0 atom stereocenters. The van der Waals surface area contributed by atoms with Crippen LogP contribution in [-0.2, 0) is 6.18 Å². The minimum Gasteiger partial charge on any atom is -0.493 e. The first-order chi connectivity index (χ1) is 14.3. The van der Waals surface area contributed by atoms with Crippen LogP contribution in [-0.4, -0.2) is 42.1 Å². The largest absolute Gasteiger partial charge is 0.493 e. The van der Waals surface area contributed by atoms with Crippen molar-refractivity contribution in [2.45, 2.75) is 12.3 Å². The highest BCUT2D eigenvalue weighted by Gasteiger charge is 2.39. The van der Waals surface area contributed by atoms with Gasteiger partial charge in [-0.3, -0.25) is 4.79 Å². The highest BCUT2D eigenvalue weighted by atomic mass is 19.4. The summed E-state index contributed by atoms with van der Waals surface area (Å²) in [5.41, 5.74) is -1.77. The Morgan fingerprint density at radius 3 is 2.70 bits per heavy atom. The molecule has 1 saturated heterocycles. The zero-order valence-electron chi connectivity index (χ0n) is 15.6. The number of benzene rings is 1. The molecule has 0 bridgehead atoms. The number of nitrogens with zero attached hydrogens (tertiary/aromatic N) is 2. The summed E-state index contributed by atoms with van der Waals surface area (Å²) in [7, 11) is 1.43. The predicted molar refractivity (Wildman–Crippen MR) is 98.6 cm³/mol. The molecule has 1 fully saturated rings. The minimum absolute atomic E-state index is 0.0162. The van der Waals surface area contributed by atoms with Gasteiger partial charge in [0.1, 0.15) is 17.2 Å². The highest BCUT2D eigenvalue weighted by Crippen LogP contribution is 2.35. The number of para-hydroxylation sites is 1. The zero-order valence-corrected chi connectivity index (χ0v) is 15.6. The van der Waals surface area contributed by atoms with Gasteiger partial charge < -0.3 is 18.8 Å². The van der Waals surface area contributed by atoms with E-state index in [-0.39, 0.29) is 24.2 Å². The second-order valence-corrected chi connectivity index (χ2v) is 6.63. The van der Waals surface area contributed by atoms with E-state index in [9.17, 15) is 22.8 Å². The summed E-state index contributed by atoms with van der Waals surface area (Å²) in [5, 5.41) is 0.508. The molecule has 0 aliphatic carbocycles. The summed E-state index contributed by atoms with van der Waals surface area (Å²) >= 11 is 0. The van der Waals surface area contributed by atoms with Crippen molar-refractivity contribution in [1.29, 1.82) is 0 Å². The van der Waals surface area contributed by atoms with Crippen LogP contribution >= 0.6 is 0 Å². The maximum absolute atomic E-state index is 13.0. The van der Waals surface area contributed by atoms with E-state index in [2.05, 4.69) is 4.98 Å².